The molecule has 1 amide bonds. The summed E-state index contributed by atoms with van der Waals surface area (Å²) in [6, 6.07) is 0. The molecule has 0 aromatic rings. The number of guanidine groups is 1. The van der Waals surface area contributed by atoms with Gasteiger partial charge in [-0.15, -0.1) is 24.0 Å². The number of hydrogen-bond acceptors (Lipinski definition) is 4. The standard InChI is InChI=1S/C17H33N5O2.HI/c1-3-18-17(20-12-16(23)19-7-11-24-2)22-10-6-15(14-22)13-21-8-4-5-9-21;/h15H,3-14H2,1-2H3,(H,18,20)(H,19,23);1H. The highest BCUT2D eigenvalue weighted by molar-refractivity contribution is 14.0. The molecule has 0 spiro atoms. The number of ether oxygens (including phenoxy) is 1. The molecule has 0 bridgehead atoms. The van der Waals surface area contributed by atoms with Crippen LogP contribution in [-0.4, -0.2) is 87.7 Å². The maximum atomic E-state index is 11.8. The zero-order valence-corrected chi connectivity index (χ0v) is 18.0. The van der Waals surface area contributed by atoms with E-state index in [9.17, 15) is 4.79 Å². The second kappa shape index (κ2) is 12.7. The highest BCUT2D eigenvalue weighted by atomic mass is 127. The molecule has 2 rings (SSSR count). The largest absolute Gasteiger partial charge is 0.383 e. The molecule has 0 radical (unpaired) electrons. The van der Waals surface area contributed by atoms with Gasteiger partial charge in [-0.3, -0.25) is 4.79 Å². The van der Waals surface area contributed by atoms with Gasteiger partial charge >= 0.3 is 0 Å². The fourth-order valence-electron chi connectivity index (χ4n) is 3.43. The Bertz CT molecular complexity index is 416. The number of methoxy groups -OCH3 is 1. The van der Waals surface area contributed by atoms with Crippen LogP contribution < -0.4 is 10.6 Å². The number of aliphatic imine (C=N–C) groups is 1. The van der Waals surface area contributed by atoms with Gasteiger partial charge in [-0.2, -0.15) is 0 Å². The van der Waals surface area contributed by atoms with Crippen molar-refractivity contribution in [2.24, 2.45) is 10.9 Å². The van der Waals surface area contributed by atoms with Crippen molar-refractivity contribution >= 4 is 35.8 Å². The number of rotatable bonds is 8. The summed E-state index contributed by atoms with van der Waals surface area (Å²) in [5.74, 6) is 1.51. The van der Waals surface area contributed by atoms with Crippen molar-refractivity contribution in [1.82, 2.24) is 20.4 Å². The Morgan fingerprint density at radius 3 is 2.68 bits per heavy atom. The maximum absolute atomic E-state index is 11.8. The first-order chi connectivity index (χ1) is 11.7. The van der Waals surface area contributed by atoms with Gasteiger partial charge in [0.2, 0.25) is 5.91 Å². The van der Waals surface area contributed by atoms with Crippen molar-refractivity contribution in [2.75, 3.05) is 66.1 Å². The van der Waals surface area contributed by atoms with Crippen LogP contribution in [-0.2, 0) is 9.53 Å². The minimum Gasteiger partial charge on any atom is -0.383 e. The maximum Gasteiger partial charge on any atom is 0.241 e. The van der Waals surface area contributed by atoms with Crippen LogP contribution in [0.2, 0.25) is 0 Å². The highest BCUT2D eigenvalue weighted by Gasteiger charge is 2.27. The van der Waals surface area contributed by atoms with Crippen LogP contribution in [0.1, 0.15) is 26.2 Å². The van der Waals surface area contributed by atoms with E-state index in [1.165, 1.54) is 38.9 Å². The molecule has 2 N–H and O–H groups in total. The third-order valence-electron chi connectivity index (χ3n) is 4.64. The van der Waals surface area contributed by atoms with E-state index in [-0.39, 0.29) is 36.4 Å². The summed E-state index contributed by atoms with van der Waals surface area (Å²) in [6.07, 6.45) is 3.90. The zero-order chi connectivity index (χ0) is 17.2. The lowest BCUT2D eigenvalue weighted by Crippen LogP contribution is -2.41. The monoisotopic (exact) mass is 467 g/mol. The van der Waals surface area contributed by atoms with Crippen LogP contribution in [0.5, 0.6) is 0 Å². The Morgan fingerprint density at radius 2 is 2.00 bits per heavy atom. The SMILES string of the molecule is CCNC(=NCC(=O)NCCOC)N1CCC(CN2CCCC2)C1.I. The van der Waals surface area contributed by atoms with E-state index < -0.39 is 0 Å². The normalized spacial score (nSPS) is 21.3. The first-order valence-corrected chi connectivity index (χ1v) is 9.24. The van der Waals surface area contributed by atoms with E-state index in [1.54, 1.807) is 7.11 Å². The second-order valence-corrected chi connectivity index (χ2v) is 6.62. The Labute approximate surface area is 169 Å². The second-order valence-electron chi connectivity index (χ2n) is 6.62. The Balaban J connectivity index is 0.00000312. The summed E-state index contributed by atoms with van der Waals surface area (Å²) >= 11 is 0. The summed E-state index contributed by atoms with van der Waals surface area (Å²) in [5.41, 5.74) is 0. The van der Waals surface area contributed by atoms with Gasteiger partial charge in [0.15, 0.2) is 5.96 Å². The van der Waals surface area contributed by atoms with E-state index in [0.717, 1.165) is 25.6 Å². The van der Waals surface area contributed by atoms with Crippen LogP contribution in [0.3, 0.4) is 0 Å². The lowest BCUT2D eigenvalue weighted by atomic mass is 10.1. The Hall–Kier alpha value is -0.610. The van der Waals surface area contributed by atoms with E-state index in [4.69, 9.17) is 4.74 Å². The predicted molar refractivity (Wildman–Crippen MR) is 112 cm³/mol. The number of nitrogens with zero attached hydrogens (tertiary/aromatic N) is 3. The number of halogens is 1. The van der Waals surface area contributed by atoms with E-state index in [0.29, 0.717) is 19.1 Å². The number of likely N-dealkylation sites (tertiary alicyclic amines) is 2. The summed E-state index contributed by atoms with van der Waals surface area (Å²) < 4.78 is 4.93. The summed E-state index contributed by atoms with van der Waals surface area (Å²) in [4.78, 5) is 21.2. The summed E-state index contributed by atoms with van der Waals surface area (Å²) in [7, 11) is 1.62. The average Bonchev–Trinajstić information content (AvgIpc) is 3.24. The van der Waals surface area contributed by atoms with Crippen molar-refractivity contribution < 1.29 is 9.53 Å². The van der Waals surface area contributed by atoms with E-state index in [2.05, 4.69) is 32.3 Å². The average molecular weight is 467 g/mol. The fourth-order valence-corrected chi connectivity index (χ4v) is 3.43. The van der Waals surface area contributed by atoms with Crippen LogP contribution >= 0.6 is 24.0 Å². The Morgan fingerprint density at radius 1 is 1.24 bits per heavy atom. The first-order valence-electron chi connectivity index (χ1n) is 9.24. The topological polar surface area (TPSA) is 69.2 Å². The van der Waals surface area contributed by atoms with E-state index >= 15 is 0 Å². The van der Waals surface area contributed by atoms with Gasteiger partial charge < -0.3 is 25.2 Å². The van der Waals surface area contributed by atoms with Crippen LogP contribution in [0.15, 0.2) is 4.99 Å². The smallest absolute Gasteiger partial charge is 0.241 e. The number of hydrogen-bond donors (Lipinski definition) is 2. The van der Waals surface area contributed by atoms with Crippen molar-refractivity contribution in [1.29, 1.82) is 0 Å². The van der Waals surface area contributed by atoms with Crippen molar-refractivity contribution in [3.05, 3.63) is 0 Å². The molecule has 2 saturated heterocycles. The summed E-state index contributed by atoms with van der Waals surface area (Å²) in [5, 5.41) is 6.12. The van der Waals surface area contributed by atoms with Gasteiger partial charge in [0.25, 0.3) is 0 Å². The van der Waals surface area contributed by atoms with Gasteiger partial charge in [0.05, 0.1) is 6.61 Å². The molecule has 2 heterocycles. The highest BCUT2D eigenvalue weighted by Crippen LogP contribution is 2.19. The number of carbonyl (C=O) groups excluding carboxylic acids is 1. The number of carbonyl (C=O) groups is 1. The molecule has 1 atom stereocenters. The van der Waals surface area contributed by atoms with Gasteiger partial charge in [0.1, 0.15) is 6.54 Å². The predicted octanol–water partition coefficient (Wildman–Crippen LogP) is 0.750. The van der Waals surface area contributed by atoms with Crippen molar-refractivity contribution in [3.63, 3.8) is 0 Å². The fraction of sp³-hybridized carbons (Fsp3) is 0.882. The molecule has 0 aromatic carbocycles. The molecular weight excluding hydrogens is 433 g/mol. The molecule has 0 aliphatic carbocycles. The molecule has 8 heteroatoms. The molecule has 0 aromatic heterocycles. The molecule has 7 nitrogen and oxygen atoms in total. The lowest BCUT2D eigenvalue weighted by Gasteiger charge is -2.23. The minimum atomic E-state index is -0.0599. The molecular formula is C17H34IN5O2. The van der Waals surface area contributed by atoms with E-state index in [1.807, 2.05) is 0 Å². The summed E-state index contributed by atoms with van der Waals surface area (Å²) in [6.45, 7) is 9.88. The van der Waals surface area contributed by atoms with Crippen LogP contribution in [0.4, 0.5) is 0 Å². The molecule has 146 valence electrons. The first kappa shape index (κ1) is 22.4. The Kier molecular flexibility index (Phi) is 11.4. The number of amides is 1. The van der Waals surface area contributed by atoms with Gasteiger partial charge in [-0.05, 0) is 45.2 Å². The molecule has 1 unspecified atom stereocenters. The zero-order valence-electron chi connectivity index (χ0n) is 15.6. The van der Waals surface area contributed by atoms with Gasteiger partial charge in [-0.1, -0.05) is 0 Å². The van der Waals surface area contributed by atoms with Gasteiger partial charge in [-0.25, -0.2) is 4.99 Å². The lowest BCUT2D eigenvalue weighted by molar-refractivity contribution is -0.119. The number of nitrogens with one attached hydrogen (secondary N) is 2. The van der Waals surface area contributed by atoms with Crippen LogP contribution in [0.25, 0.3) is 0 Å². The molecule has 0 saturated carbocycles. The molecule has 2 aliphatic rings. The van der Waals surface area contributed by atoms with Gasteiger partial charge in [0, 0.05) is 39.8 Å². The third-order valence-corrected chi connectivity index (χ3v) is 4.64. The quantitative estimate of drug-likeness (QED) is 0.239. The molecule has 2 aliphatic heterocycles. The van der Waals surface area contributed by atoms with Crippen molar-refractivity contribution in [3.8, 4) is 0 Å². The molecule has 2 fully saturated rings. The van der Waals surface area contributed by atoms with Crippen molar-refractivity contribution in [2.45, 2.75) is 26.2 Å². The minimum absolute atomic E-state index is 0. The van der Waals surface area contributed by atoms with Crippen LogP contribution in [0, 0.1) is 5.92 Å². The molecule has 25 heavy (non-hydrogen) atoms. The third kappa shape index (κ3) is 8.08.